The molecule has 0 radical (unpaired) electrons. The SMILES string of the molecule is C/C1=C\CCCOC(=O)CCNC(=O)[C@@H](Cc2c[nH]c3ccccc23)N(C)C(=O)[C@H](C)NC(=O)[C@@H](C)C1. The predicted octanol–water partition coefficient (Wildman–Crippen LogP) is 2.86. The Bertz CT molecular complexity index is 1150. The van der Waals surface area contributed by atoms with Gasteiger partial charge in [0.05, 0.1) is 13.0 Å². The van der Waals surface area contributed by atoms with Gasteiger partial charge in [-0.25, -0.2) is 0 Å². The molecule has 200 valence electrons. The lowest BCUT2D eigenvalue weighted by Crippen LogP contribution is -2.54. The number of rotatable bonds is 2. The second kappa shape index (κ2) is 13.1. The molecule has 0 saturated heterocycles. The van der Waals surface area contributed by atoms with Gasteiger partial charge in [-0.05, 0) is 44.7 Å². The van der Waals surface area contributed by atoms with Crippen LogP contribution in [0.15, 0.2) is 42.1 Å². The maximum atomic E-state index is 13.3. The third kappa shape index (κ3) is 7.68. The summed E-state index contributed by atoms with van der Waals surface area (Å²) >= 11 is 0. The number of likely N-dealkylation sites (N-methyl/N-ethyl adjacent to an activating group) is 1. The first-order valence-electron chi connectivity index (χ1n) is 12.9. The molecule has 3 atom stereocenters. The third-order valence-corrected chi connectivity index (χ3v) is 6.74. The number of carbonyl (C=O) groups is 4. The van der Waals surface area contributed by atoms with E-state index in [9.17, 15) is 19.2 Å². The monoisotopic (exact) mass is 510 g/mol. The molecule has 37 heavy (non-hydrogen) atoms. The summed E-state index contributed by atoms with van der Waals surface area (Å²) in [5, 5.41) is 6.57. The van der Waals surface area contributed by atoms with Gasteiger partial charge in [-0.2, -0.15) is 0 Å². The first kappa shape index (κ1) is 28.0. The van der Waals surface area contributed by atoms with Gasteiger partial charge in [0.2, 0.25) is 17.7 Å². The lowest BCUT2D eigenvalue weighted by Gasteiger charge is -2.30. The highest BCUT2D eigenvalue weighted by Gasteiger charge is 2.31. The standard InChI is InChI=1S/C28H38N4O5/c1-18-9-7-8-14-37-25(33)12-13-29-27(35)24(16-21-17-30-23-11-6-5-10-22(21)23)32(4)28(36)20(3)31-26(34)19(2)15-18/h5-6,9-11,17,19-20,24,30H,7-8,12-16H2,1-4H3,(H,29,35)(H,31,34)/b18-9+/t19-,20-,24+/m0/s1. The molecule has 0 fully saturated rings. The van der Waals surface area contributed by atoms with Gasteiger partial charge in [0, 0.05) is 43.0 Å². The van der Waals surface area contributed by atoms with Gasteiger partial charge < -0.3 is 25.3 Å². The molecule has 3 amide bonds. The summed E-state index contributed by atoms with van der Waals surface area (Å²) in [6, 6.07) is 6.10. The van der Waals surface area contributed by atoms with E-state index in [1.807, 2.05) is 50.4 Å². The molecule has 9 nitrogen and oxygen atoms in total. The van der Waals surface area contributed by atoms with Crippen LogP contribution in [0.4, 0.5) is 0 Å². The van der Waals surface area contributed by atoms with Crippen molar-refractivity contribution in [2.45, 2.75) is 65.0 Å². The summed E-state index contributed by atoms with van der Waals surface area (Å²) < 4.78 is 5.28. The molecule has 0 unspecified atom stereocenters. The average molecular weight is 511 g/mol. The van der Waals surface area contributed by atoms with E-state index < -0.39 is 12.1 Å². The summed E-state index contributed by atoms with van der Waals surface area (Å²) in [5.41, 5.74) is 2.89. The van der Waals surface area contributed by atoms with E-state index in [-0.39, 0.29) is 49.0 Å². The number of hydrogen-bond acceptors (Lipinski definition) is 5. The maximum absolute atomic E-state index is 13.3. The molecule has 1 aromatic heterocycles. The van der Waals surface area contributed by atoms with E-state index in [0.717, 1.165) is 28.5 Å². The van der Waals surface area contributed by atoms with Gasteiger partial charge in [-0.1, -0.05) is 36.8 Å². The zero-order valence-electron chi connectivity index (χ0n) is 22.1. The van der Waals surface area contributed by atoms with Crippen LogP contribution in [0.25, 0.3) is 10.9 Å². The number of hydrogen-bond donors (Lipinski definition) is 3. The summed E-state index contributed by atoms with van der Waals surface area (Å²) in [5.74, 6) is -1.66. The summed E-state index contributed by atoms with van der Waals surface area (Å²) in [7, 11) is 1.57. The van der Waals surface area contributed by atoms with E-state index in [1.54, 1.807) is 14.0 Å². The Balaban J connectivity index is 1.83. The van der Waals surface area contributed by atoms with Gasteiger partial charge >= 0.3 is 5.97 Å². The minimum absolute atomic E-state index is 0.0437. The van der Waals surface area contributed by atoms with E-state index >= 15 is 0 Å². The molecular formula is C28H38N4O5. The van der Waals surface area contributed by atoms with Crippen LogP contribution >= 0.6 is 0 Å². The Morgan fingerprint density at radius 3 is 2.62 bits per heavy atom. The van der Waals surface area contributed by atoms with Gasteiger partial charge in [0.25, 0.3) is 0 Å². The molecular weight excluding hydrogens is 472 g/mol. The van der Waals surface area contributed by atoms with Crippen LogP contribution in [0.3, 0.4) is 0 Å². The molecule has 0 aliphatic carbocycles. The second-order valence-corrected chi connectivity index (χ2v) is 9.82. The summed E-state index contributed by atoms with van der Waals surface area (Å²) in [6.07, 6.45) is 6.17. The van der Waals surface area contributed by atoms with E-state index in [1.165, 1.54) is 4.90 Å². The van der Waals surface area contributed by atoms with Crippen LogP contribution in [0, 0.1) is 5.92 Å². The van der Waals surface area contributed by atoms with Crippen molar-refractivity contribution in [3.05, 3.63) is 47.7 Å². The van der Waals surface area contributed by atoms with E-state index in [2.05, 4.69) is 15.6 Å². The number of para-hydroxylation sites is 1. The highest BCUT2D eigenvalue weighted by molar-refractivity contribution is 5.93. The van der Waals surface area contributed by atoms with Crippen molar-refractivity contribution in [1.29, 1.82) is 0 Å². The Morgan fingerprint density at radius 2 is 1.84 bits per heavy atom. The zero-order valence-corrected chi connectivity index (χ0v) is 22.1. The average Bonchev–Trinajstić information content (AvgIpc) is 3.28. The lowest BCUT2D eigenvalue weighted by atomic mass is 9.99. The van der Waals surface area contributed by atoms with E-state index in [4.69, 9.17) is 4.74 Å². The number of esters is 1. The number of amides is 3. The molecule has 2 aromatic rings. The molecule has 0 bridgehead atoms. The number of allylic oxidation sites excluding steroid dienone is 2. The molecule has 1 aromatic carbocycles. The summed E-state index contributed by atoms with van der Waals surface area (Å²) in [4.78, 5) is 56.1. The number of H-pyrrole nitrogens is 1. The number of cyclic esters (lactones) is 1. The number of carbonyl (C=O) groups excluding carboxylic acids is 4. The first-order valence-corrected chi connectivity index (χ1v) is 12.9. The van der Waals surface area contributed by atoms with Crippen LogP contribution in [0.1, 0.15) is 52.0 Å². The molecule has 1 aliphatic heterocycles. The van der Waals surface area contributed by atoms with Crippen LogP contribution < -0.4 is 10.6 Å². The quantitative estimate of drug-likeness (QED) is 0.424. The highest BCUT2D eigenvalue weighted by atomic mass is 16.5. The molecule has 9 heteroatoms. The molecule has 0 spiro atoms. The van der Waals surface area contributed by atoms with Crippen LogP contribution in [-0.4, -0.2) is 65.9 Å². The molecule has 1 aliphatic rings. The topological polar surface area (TPSA) is 121 Å². The Morgan fingerprint density at radius 1 is 1.08 bits per heavy atom. The van der Waals surface area contributed by atoms with Crippen molar-refractivity contribution in [2.75, 3.05) is 20.2 Å². The van der Waals surface area contributed by atoms with Crippen LogP contribution in [0.5, 0.6) is 0 Å². The smallest absolute Gasteiger partial charge is 0.307 e. The van der Waals surface area contributed by atoms with Crippen LogP contribution in [-0.2, 0) is 30.3 Å². The van der Waals surface area contributed by atoms with Gasteiger partial charge in [0.1, 0.15) is 12.1 Å². The molecule has 2 heterocycles. The first-order chi connectivity index (χ1) is 17.7. The van der Waals surface area contributed by atoms with Crippen molar-refractivity contribution < 1.29 is 23.9 Å². The van der Waals surface area contributed by atoms with Crippen molar-refractivity contribution in [3.8, 4) is 0 Å². The molecule has 3 N–H and O–H groups in total. The fourth-order valence-electron chi connectivity index (χ4n) is 4.55. The minimum Gasteiger partial charge on any atom is -0.466 e. The number of benzene rings is 1. The fourth-order valence-corrected chi connectivity index (χ4v) is 4.55. The van der Waals surface area contributed by atoms with Gasteiger partial charge in [-0.15, -0.1) is 0 Å². The van der Waals surface area contributed by atoms with Crippen molar-refractivity contribution in [3.63, 3.8) is 0 Å². The lowest BCUT2D eigenvalue weighted by molar-refractivity contribution is -0.144. The van der Waals surface area contributed by atoms with Crippen molar-refractivity contribution >= 4 is 34.6 Å². The summed E-state index contributed by atoms with van der Waals surface area (Å²) in [6.45, 7) is 5.82. The maximum Gasteiger partial charge on any atom is 0.307 e. The fraction of sp³-hybridized carbons (Fsp3) is 0.500. The van der Waals surface area contributed by atoms with Gasteiger partial charge in [0.15, 0.2) is 0 Å². The second-order valence-electron chi connectivity index (χ2n) is 9.82. The minimum atomic E-state index is -0.841. The Labute approximate surface area is 218 Å². The molecule has 3 rings (SSSR count). The molecule has 0 saturated carbocycles. The number of ether oxygens (including phenoxy) is 1. The number of nitrogens with zero attached hydrogens (tertiary/aromatic N) is 1. The Hall–Kier alpha value is -3.62. The van der Waals surface area contributed by atoms with Gasteiger partial charge in [-0.3, -0.25) is 19.2 Å². The number of aromatic amines is 1. The van der Waals surface area contributed by atoms with Crippen LogP contribution in [0.2, 0.25) is 0 Å². The predicted molar refractivity (Wildman–Crippen MR) is 142 cm³/mol. The largest absolute Gasteiger partial charge is 0.466 e. The number of fused-ring (bicyclic) bond motifs is 1. The number of nitrogens with one attached hydrogen (secondary N) is 3. The third-order valence-electron chi connectivity index (χ3n) is 6.74. The normalized spacial score (nSPS) is 25.2. The van der Waals surface area contributed by atoms with E-state index in [0.29, 0.717) is 19.4 Å². The zero-order chi connectivity index (χ0) is 26.9. The van der Waals surface area contributed by atoms with Crippen molar-refractivity contribution in [1.82, 2.24) is 20.5 Å². The Kier molecular flexibility index (Phi) is 9.88. The highest BCUT2D eigenvalue weighted by Crippen LogP contribution is 2.21. The van der Waals surface area contributed by atoms with Crippen molar-refractivity contribution in [2.24, 2.45) is 5.92 Å². The number of aromatic nitrogens is 1.